The normalized spacial score (nSPS) is 40.5. The van der Waals surface area contributed by atoms with E-state index in [2.05, 4.69) is 29.5 Å². The average molecular weight is 335 g/mol. The van der Waals surface area contributed by atoms with Gasteiger partial charge in [0.1, 0.15) is 0 Å². The minimum atomic E-state index is 0.0499. The standard InChI is InChI=1S/C19H33N3O2/c1-3-24-17-12-16(19(17)8-5-9-19)21-18(23)20-13-10-14-6-4-7-15(11-13)22(14)2/h13-17H,3-12H2,1-2H3,(H2,20,21,23)/t13?,14-,15+,16-,17-/m0/s1. The molecule has 0 aromatic heterocycles. The molecule has 1 unspecified atom stereocenters. The van der Waals surface area contributed by atoms with Crippen LogP contribution in [0.1, 0.15) is 64.7 Å². The first kappa shape index (κ1) is 16.6. The first-order valence-corrected chi connectivity index (χ1v) is 10.0. The minimum absolute atomic E-state index is 0.0499. The summed E-state index contributed by atoms with van der Waals surface area (Å²) in [6.45, 7) is 2.85. The summed E-state index contributed by atoms with van der Waals surface area (Å²) >= 11 is 0. The molecule has 24 heavy (non-hydrogen) atoms. The molecule has 2 aliphatic carbocycles. The lowest BCUT2D eigenvalue weighted by Gasteiger charge is -2.61. The van der Waals surface area contributed by atoms with Crippen LogP contribution >= 0.6 is 0 Å². The maximum atomic E-state index is 12.5. The van der Waals surface area contributed by atoms with Crippen molar-refractivity contribution in [2.45, 2.75) is 95.0 Å². The van der Waals surface area contributed by atoms with Crippen molar-refractivity contribution in [3.63, 3.8) is 0 Å². The fourth-order valence-electron chi connectivity index (χ4n) is 5.76. The summed E-state index contributed by atoms with van der Waals surface area (Å²) in [7, 11) is 2.26. The molecule has 2 amide bonds. The zero-order valence-corrected chi connectivity index (χ0v) is 15.2. The van der Waals surface area contributed by atoms with E-state index >= 15 is 0 Å². The first-order valence-electron chi connectivity index (χ1n) is 10.0. The predicted molar refractivity (Wildman–Crippen MR) is 94.0 cm³/mol. The Bertz CT molecular complexity index is 465. The molecule has 0 aromatic rings. The molecule has 2 bridgehead atoms. The SMILES string of the molecule is CCO[C@H]1C[C@H](NC(=O)NC2C[C@H]3CCC[C@@H](C2)N3C)C12CCC2. The summed E-state index contributed by atoms with van der Waals surface area (Å²) in [5.74, 6) is 0. The van der Waals surface area contributed by atoms with Crippen LogP contribution in [0.25, 0.3) is 0 Å². The van der Waals surface area contributed by atoms with Crippen molar-refractivity contribution in [2.75, 3.05) is 13.7 Å². The Labute approximate surface area is 145 Å². The Morgan fingerprint density at radius 1 is 1.12 bits per heavy atom. The average Bonchev–Trinajstić information content (AvgIpc) is 2.45. The van der Waals surface area contributed by atoms with Gasteiger partial charge in [0.05, 0.1) is 6.10 Å². The van der Waals surface area contributed by atoms with Gasteiger partial charge >= 0.3 is 6.03 Å². The van der Waals surface area contributed by atoms with Crippen molar-refractivity contribution >= 4 is 6.03 Å². The Morgan fingerprint density at radius 2 is 1.83 bits per heavy atom. The van der Waals surface area contributed by atoms with Gasteiger partial charge in [-0.1, -0.05) is 12.8 Å². The molecule has 0 radical (unpaired) electrons. The second-order valence-corrected chi connectivity index (χ2v) is 8.51. The maximum absolute atomic E-state index is 12.5. The van der Waals surface area contributed by atoms with E-state index in [9.17, 15) is 4.79 Å². The molecule has 136 valence electrons. The number of hydrogen-bond acceptors (Lipinski definition) is 3. The molecular formula is C19H33N3O2. The summed E-state index contributed by atoms with van der Waals surface area (Å²) in [6, 6.07) is 2.03. The fraction of sp³-hybridized carbons (Fsp3) is 0.947. The van der Waals surface area contributed by atoms with Crippen LogP contribution in [0, 0.1) is 5.41 Å². The van der Waals surface area contributed by atoms with Crippen LogP contribution in [-0.4, -0.2) is 54.9 Å². The van der Waals surface area contributed by atoms with Gasteiger partial charge in [-0.3, -0.25) is 0 Å². The van der Waals surface area contributed by atoms with E-state index in [4.69, 9.17) is 4.74 Å². The Balaban J connectivity index is 1.28. The fourth-order valence-corrected chi connectivity index (χ4v) is 5.76. The minimum Gasteiger partial charge on any atom is -0.378 e. The van der Waals surface area contributed by atoms with Crippen molar-refractivity contribution in [1.82, 2.24) is 15.5 Å². The zero-order chi connectivity index (χ0) is 16.7. The molecule has 2 saturated carbocycles. The molecule has 2 heterocycles. The van der Waals surface area contributed by atoms with Gasteiger partial charge in [0.2, 0.25) is 0 Å². The monoisotopic (exact) mass is 335 g/mol. The van der Waals surface area contributed by atoms with E-state index in [-0.39, 0.29) is 11.4 Å². The number of fused-ring (bicyclic) bond motifs is 2. The highest BCUT2D eigenvalue weighted by atomic mass is 16.5. The number of hydrogen-bond donors (Lipinski definition) is 2. The number of piperidine rings is 2. The molecule has 4 fully saturated rings. The number of rotatable bonds is 4. The van der Waals surface area contributed by atoms with Gasteiger partial charge in [0, 0.05) is 36.2 Å². The molecule has 5 heteroatoms. The second-order valence-electron chi connectivity index (χ2n) is 8.51. The number of urea groups is 1. The van der Waals surface area contributed by atoms with Crippen molar-refractivity contribution in [3.8, 4) is 0 Å². The largest absolute Gasteiger partial charge is 0.378 e. The lowest BCUT2D eigenvalue weighted by Crippen LogP contribution is -2.69. The van der Waals surface area contributed by atoms with Crippen LogP contribution in [-0.2, 0) is 4.74 Å². The van der Waals surface area contributed by atoms with Crippen LogP contribution in [0.2, 0.25) is 0 Å². The quantitative estimate of drug-likeness (QED) is 0.830. The number of ether oxygens (including phenoxy) is 1. The van der Waals surface area contributed by atoms with Gasteiger partial charge in [0.25, 0.3) is 0 Å². The Kier molecular flexibility index (Phi) is 4.50. The maximum Gasteiger partial charge on any atom is 0.315 e. The second kappa shape index (κ2) is 6.49. The summed E-state index contributed by atoms with van der Waals surface area (Å²) in [5, 5.41) is 6.56. The highest BCUT2D eigenvalue weighted by molar-refractivity contribution is 5.75. The summed E-state index contributed by atoms with van der Waals surface area (Å²) < 4.78 is 5.88. The third kappa shape index (κ3) is 2.74. The molecule has 1 spiro atoms. The lowest BCUT2D eigenvalue weighted by molar-refractivity contribution is -0.169. The highest BCUT2D eigenvalue weighted by Crippen LogP contribution is 2.57. The summed E-state index contributed by atoms with van der Waals surface area (Å²) in [5.41, 5.74) is 0.247. The number of amides is 2. The smallest absolute Gasteiger partial charge is 0.315 e. The molecule has 0 aromatic carbocycles. The van der Waals surface area contributed by atoms with Crippen LogP contribution < -0.4 is 10.6 Å². The van der Waals surface area contributed by atoms with E-state index in [1.165, 1.54) is 38.5 Å². The van der Waals surface area contributed by atoms with E-state index in [0.717, 1.165) is 25.9 Å². The topological polar surface area (TPSA) is 53.6 Å². The van der Waals surface area contributed by atoms with Gasteiger partial charge in [-0.15, -0.1) is 0 Å². The first-order chi connectivity index (χ1) is 11.6. The highest BCUT2D eigenvalue weighted by Gasteiger charge is 2.59. The van der Waals surface area contributed by atoms with E-state index < -0.39 is 0 Å². The van der Waals surface area contributed by atoms with Crippen molar-refractivity contribution in [3.05, 3.63) is 0 Å². The van der Waals surface area contributed by atoms with Crippen molar-refractivity contribution in [1.29, 1.82) is 0 Å². The molecule has 5 atom stereocenters. The van der Waals surface area contributed by atoms with E-state index in [1.807, 2.05) is 0 Å². The molecule has 2 N–H and O–H groups in total. The summed E-state index contributed by atoms with van der Waals surface area (Å²) in [6.07, 6.45) is 11.2. The molecule has 5 nitrogen and oxygen atoms in total. The Morgan fingerprint density at radius 3 is 2.42 bits per heavy atom. The summed E-state index contributed by atoms with van der Waals surface area (Å²) in [4.78, 5) is 15.1. The lowest BCUT2D eigenvalue weighted by atomic mass is 9.51. The number of nitrogens with zero attached hydrogens (tertiary/aromatic N) is 1. The van der Waals surface area contributed by atoms with Crippen LogP contribution in [0.15, 0.2) is 0 Å². The van der Waals surface area contributed by atoms with Gasteiger partial charge in [-0.05, 0) is 58.9 Å². The third-order valence-corrected chi connectivity index (χ3v) is 7.42. The predicted octanol–water partition coefficient (Wildman–Crippen LogP) is 2.65. The van der Waals surface area contributed by atoms with Crippen LogP contribution in [0.4, 0.5) is 4.79 Å². The van der Waals surface area contributed by atoms with Gasteiger partial charge < -0.3 is 20.3 Å². The molecule has 2 saturated heterocycles. The number of carbonyl (C=O) groups excluding carboxylic acids is 1. The number of nitrogens with one attached hydrogen (secondary N) is 2. The van der Waals surface area contributed by atoms with Crippen molar-refractivity contribution in [2.24, 2.45) is 5.41 Å². The van der Waals surface area contributed by atoms with E-state index in [1.54, 1.807) is 0 Å². The third-order valence-electron chi connectivity index (χ3n) is 7.42. The zero-order valence-electron chi connectivity index (χ0n) is 15.2. The van der Waals surface area contributed by atoms with Crippen molar-refractivity contribution < 1.29 is 9.53 Å². The van der Waals surface area contributed by atoms with Crippen LogP contribution in [0.3, 0.4) is 0 Å². The van der Waals surface area contributed by atoms with Gasteiger partial charge in [0.15, 0.2) is 0 Å². The number of carbonyl (C=O) groups is 1. The molecule has 2 aliphatic heterocycles. The van der Waals surface area contributed by atoms with Crippen LogP contribution in [0.5, 0.6) is 0 Å². The Hall–Kier alpha value is -0.810. The van der Waals surface area contributed by atoms with Gasteiger partial charge in [-0.25, -0.2) is 4.79 Å². The molecule has 4 aliphatic rings. The van der Waals surface area contributed by atoms with E-state index in [0.29, 0.717) is 30.3 Å². The molecular weight excluding hydrogens is 302 g/mol. The molecule has 4 rings (SSSR count). The van der Waals surface area contributed by atoms with Gasteiger partial charge in [-0.2, -0.15) is 0 Å².